The van der Waals surface area contributed by atoms with Gasteiger partial charge in [-0.3, -0.25) is 4.90 Å². The highest BCUT2D eigenvalue weighted by atomic mass is 15.5. The number of nitrogens with zero attached hydrogens (tertiary/aromatic N) is 4. The van der Waals surface area contributed by atoms with E-state index in [0.29, 0.717) is 0 Å². The van der Waals surface area contributed by atoms with Gasteiger partial charge in [0.15, 0.2) is 0 Å². The second-order valence-electron chi connectivity index (χ2n) is 7.53. The molecule has 4 heteroatoms. The zero-order chi connectivity index (χ0) is 17.9. The van der Waals surface area contributed by atoms with Gasteiger partial charge in [-0.15, -0.1) is 5.10 Å². The van der Waals surface area contributed by atoms with Gasteiger partial charge in [-0.2, -0.15) is 0 Å². The Balaban J connectivity index is 1.68. The molecule has 1 heterocycles. The molecule has 0 aliphatic heterocycles. The predicted octanol–water partition coefficient (Wildman–Crippen LogP) is 5.41. The maximum absolute atomic E-state index is 4.42. The first-order valence-electron chi connectivity index (χ1n) is 10.2. The van der Waals surface area contributed by atoms with Gasteiger partial charge in [-0.1, -0.05) is 82.1 Å². The average molecular weight is 345 g/mol. The van der Waals surface area contributed by atoms with Crippen molar-refractivity contribution < 1.29 is 0 Å². The Morgan fingerprint density at radius 2 is 1.52 bits per heavy atom. The SMILES string of the molecule is CCCCCCCCCCCCc1cccc2c1nnn2CN(C)C. The van der Waals surface area contributed by atoms with Crippen molar-refractivity contribution in [2.24, 2.45) is 0 Å². The molecule has 140 valence electrons. The summed E-state index contributed by atoms with van der Waals surface area (Å²) in [5.74, 6) is 0. The summed E-state index contributed by atoms with van der Waals surface area (Å²) in [7, 11) is 4.11. The molecule has 0 radical (unpaired) electrons. The van der Waals surface area contributed by atoms with E-state index in [9.17, 15) is 0 Å². The molecule has 0 aliphatic rings. The van der Waals surface area contributed by atoms with Gasteiger partial charge in [0.05, 0.1) is 12.2 Å². The van der Waals surface area contributed by atoms with Crippen LogP contribution in [-0.2, 0) is 13.1 Å². The Labute approximate surface area is 153 Å². The highest BCUT2D eigenvalue weighted by molar-refractivity contribution is 5.78. The maximum atomic E-state index is 4.42. The van der Waals surface area contributed by atoms with Crippen LogP contribution < -0.4 is 0 Å². The van der Waals surface area contributed by atoms with Crippen molar-refractivity contribution in [3.63, 3.8) is 0 Å². The Morgan fingerprint density at radius 3 is 2.16 bits per heavy atom. The van der Waals surface area contributed by atoms with Crippen molar-refractivity contribution >= 4 is 11.0 Å². The van der Waals surface area contributed by atoms with E-state index in [1.807, 2.05) is 4.68 Å². The van der Waals surface area contributed by atoms with Crippen molar-refractivity contribution in [3.05, 3.63) is 23.8 Å². The molecule has 1 aromatic heterocycles. The number of fused-ring (bicyclic) bond motifs is 1. The van der Waals surface area contributed by atoms with Crippen LogP contribution in [0.25, 0.3) is 11.0 Å². The highest BCUT2D eigenvalue weighted by Gasteiger charge is 2.09. The average Bonchev–Trinajstić information content (AvgIpc) is 3.00. The van der Waals surface area contributed by atoms with Gasteiger partial charge >= 0.3 is 0 Å². The number of hydrogen-bond acceptors (Lipinski definition) is 3. The van der Waals surface area contributed by atoms with Gasteiger partial charge in [-0.25, -0.2) is 4.68 Å². The van der Waals surface area contributed by atoms with Gasteiger partial charge in [0.25, 0.3) is 0 Å². The molecule has 25 heavy (non-hydrogen) atoms. The van der Waals surface area contributed by atoms with Gasteiger partial charge in [-0.05, 0) is 38.6 Å². The molecule has 0 bridgehead atoms. The molecule has 0 atom stereocenters. The molecule has 1 aromatic carbocycles. The van der Waals surface area contributed by atoms with E-state index in [-0.39, 0.29) is 0 Å². The van der Waals surface area contributed by atoms with Crippen molar-refractivity contribution in [2.45, 2.75) is 84.2 Å². The van der Waals surface area contributed by atoms with Crippen LogP contribution in [0.3, 0.4) is 0 Å². The summed E-state index contributed by atoms with van der Waals surface area (Å²) < 4.78 is 1.98. The van der Waals surface area contributed by atoms with Crippen molar-refractivity contribution in [1.82, 2.24) is 19.9 Å². The Kier molecular flexibility index (Phi) is 8.95. The summed E-state index contributed by atoms with van der Waals surface area (Å²) in [5, 5.41) is 8.74. The number of rotatable bonds is 13. The molecule has 4 nitrogen and oxygen atoms in total. The van der Waals surface area contributed by atoms with E-state index < -0.39 is 0 Å². The number of aromatic nitrogens is 3. The van der Waals surface area contributed by atoms with Gasteiger partial charge in [0, 0.05) is 0 Å². The smallest absolute Gasteiger partial charge is 0.116 e. The summed E-state index contributed by atoms with van der Waals surface area (Å²) in [5.41, 5.74) is 3.58. The summed E-state index contributed by atoms with van der Waals surface area (Å²) in [4.78, 5) is 2.11. The molecule has 0 saturated carbocycles. The molecule has 0 N–H and O–H groups in total. The van der Waals surface area contributed by atoms with E-state index in [1.54, 1.807) is 0 Å². The quantitative estimate of drug-likeness (QED) is 0.455. The molecule has 2 aromatic rings. The van der Waals surface area contributed by atoms with Crippen LogP contribution in [-0.4, -0.2) is 34.0 Å². The zero-order valence-corrected chi connectivity index (χ0v) is 16.5. The topological polar surface area (TPSA) is 34.0 Å². The Hall–Kier alpha value is -1.42. The van der Waals surface area contributed by atoms with Gasteiger partial charge < -0.3 is 0 Å². The monoisotopic (exact) mass is 344 g/mol. The molecule has 0 fully saturated rings. The zero-order valence-electron chi connectivity index (χ0n) is 16.5. The number of unbranched alkanes of at least 4 members (excludes halogenated alkanes) is 9. The fourth-order valence-corrected chi connectivity index (χ4v) is 3.43. The third-order valence-electron chi connectivity index (χ3n) is 4.85. The van der Waals surface area contributed by atoms with E-state index in [0.717, 1.165) is 24.1 Å². The van der Waals surface area contributed by atoms with Gasteiger partial charge in [0.1, 0.15) is 5.52 Å². The lowest BCUT2D eigenvalue weighted by atomic mass is 10.0. The molecular weight excluding hydrogens is 308 g/mol. The molecule has 0 unspecified atom stereocenters. The molecular formula is C21H36N4. The summed E-state index contributed by atoms with van der Waals surface area (Å²) in [6.45, 7) is 3.06. The van der Waals surface area contributed by atoms with Crippen molar-refractivity contribution in [3.8, 4) is 0 Å². The second kappa shape index (κ2) is 11.2. The standard InChI is InChI=1S/C21H36N4/c1-4-5-6-7-8-9-10-11-12-13-15-19-16-14-17-20-21(19)22-23-25(20)18-24(2)3/h14,16-17H,4-13,15,18H2,1-3H3. The number of benzene rings is 1. The van der Waals surface area contributed by atoms with Crippen LogP contribution in [0.2, 0.25) is 0 Å². The van der Waals surface area contributed by atoms with E-state index in [2.05, 4.69) is 54.4 Å². The Morgan fingerprint density at radius 1 is 0.880 bits per heavy atom. The van der Waals surface area contributed by atoms with Crippen LogP contribution >= 0.6 is 0 Å². The molecule has 0 amide bonds. The van der Waals surface area contributed by atoms with Crippen LogP contribution in [0.1, 0.15) is 76.7 Å². The molecule has 2 rings (SSSR count). The lowest BCUT2D eigenvalue weighted by Gasteiger charge is -2.09. The van der Waals surface area contributed by atoms with Crippen LogP contribution in [0.4, 0.5) is 0 Å². The maximum Gasteiger partial charge on any atom is 0.116 e. The summed E-state index contributed by atoms with van der Waals surface area (Å²) in [6.07, 6.45) is 14.9. The fourth-order valence-electron chi connectivity index (χ4n) is 3.43. The minimum atomic E-state index is 0.776. The van der Waals surface area contributed by atoms with Crippen LogP contribution in [0.15, 0.2) is 18.2 Å². The van der Waals surface area contributed by atoms with E-state index in [4.69, 9.17) is 0 Å². The Bertz CT molecular complexity index is 603. The largest absolute Gasteiger partial charge is 0.291 e. The van der Waals surface area contributed by atoms with Crippen LogP contribution in [0, 0.1) is 0 Å². The molecule has 0 aliphatic carbocycles. The normalized spacial score (nSPS) is 11.7. The third-order valence-corrected chi connectivity index (χ3v) is 4.85. The molecule has 0 saturated heterocycles. The highest BCUT2D eigenvalue weighted by Crippen LogP contribution is 2.19. The first-order valence-corrected chi connectivity index (χ1v) is 10.2. The first kappa shape index (κ1) is 19.9. The first-order chi connectivity index (χ1) is 12.2. The number of aryl methyl sites for hydroxylation is 1. The fraction of sp³-hybridized carbons (Fsp3) is 0.714. The van der Waals surface area contributed by atoms with Crippen molar-refractivity contribution in [2.75, 3.05) is 14.1 Å². The third kappa shape index (κ3) is 6.77. The van der Waals surface area contributed by atoms with Gasteiger partial charge in [0.2, 0.25) is 0 Å². The predicted molar refractivity (Wildman–Crippen MR) is 107 cm³/mol. The summed E-state index contributed by atoms with van der Waals surface area (Å²) >= 11 is 0. The summed E-state index contributed by atoms with van der Waals surface area (Å²) in [6, 6.07) is 6.48. The molecule has 0 spiro atoms. The minimum absolute atomic E-state index is 0.776. The van der Waals surface area contributed by atoms with E-state index in [1.165, 1.54) is 69.8 Å². The number of hydrogen-bond donors (Lipinski definition) is 0. The lowest BCUT2D eigenvalue weighted by molar-refractivity contribution is 0.309. The van der Waals surface area contributed by atoms with E-state index >= 15 is 0 Å². The van der Waals surface area contributed by atoms with Crippen LogP contribution in [0.5, 0.6) is 0 Å². The second-order valence-corrected chi connectivity index (χ2v) is 7.53. The van der Waals surface area contributed by atoms with Crippen molar-refractivity contribution in [1.29, 1.82) is 0 Å². The minimum Gasteiger partial charge on any atom is -0.291 e. The lowest BCUT2D eigenvalue weighted by Crippen LogP contribution is -2.17.